The summed E-state index contributed by atoms with van der Waals surface area (Å²) in [5, 5.41) is 2.36. The summed E-state index contributed by atoms with van der Waals surface area (Å²) in [5.74, 6) is 0.159. The second kappa shape index (κ2) is 4.98. The largest absolute Gasteiger partial charge is 0.496 e. The quantitative estimate of drug-likeness (QED) is 0.699. The molecule has 4 nitrogen and oxygen atoms in total. The molecule has 1 aromatic carbocycles. The van der Waals surface area contributed by atoms with E-state index in [2.05, 4.69) is 31.5 Å². The highest BCUT2D eigenvalue weighted by molar-refractivity contribution is 6.88. The van der Waals surface area contributed by atoms with Crippen LogP contribution in [-0.4, -0.2) is 33.2 Å². The van der Waals surface area contributed by atoms with E-state index < -0.39 is 8.07 Å². The Bertz CT molecular complexity index is 668. The highest BCUT2D eigenvalue weighted by Gasteiger charge is 2.24. The normalized spacial score (nSPS) is 11.7. The monoisotopic (exact) mass is 291 g/mol. The van der Waals surface area contributed by atoms with Gasteiger partial charge in [0.1, 0.15) is 11.3 Å². The van der Waals surface area contributed by atoms with E-state index in [1.165, 1.54) is 18.0 Å². The number of carbonyl (C=O) groups is 1. The van der Waals surface area contributed by atoms with Crippen molar-refractivity contribution in [1.29, 1.82) is 0 Å². The Morgan fingerprint density at radius 3 is 2.35 bits per heavy atom. The molecule has 0 unspecified atom stereocenters. The van der Waals surface area contributed by atoms with Crippen LogP contribution in [0.1, 0.15) is 15.9 Å². The molecule has 5 heteroatoms. The zero-order valence-corrected chi connectivity index (χ0v) is 13.9. The molecule has 2 rings (SSSR count). The predicted molar refractivity (Wildman–Crippen MR) is 83.9 cm³/mol. The van der Waals surface area contributed by atoms with E-state index in [0.29, 0.717) is 11.3 Å². The number of aromatic amines is 1. The average Bonchev–Trinajstić information content (AvgIpc) is 2.73. The molecule has 0 saturated carbocycles. The molecule has 108 valence electrons. The van der Waals surface area contributed by atoms with Gasteiger partial charge < -0.3 is 14.5 Å². The van der Waals surface area contributed by atoms with Gasteiger partial charge in [-0.15, -0.1) is 0 Å². The molecule has 2 aromatic rings. The lowest BCUT2D eigenvalue weighted by molar-refractivity contribution is 0.0597. The highest BCUT2D eigenvalue weighted by atomic mass is 28.3. The Balaban J connectivity index is 2.75. The smallest absolute Gasteiger partial charge is 0.341 e. The summed E-state index contributed by atoms with van der Waals surface area (Å²) in [5.41, 5.74) is 2.68. The van der Waals surface area contributed by atoms with E-state index in [1.807, 2.05) is 12.1 Å². The first-order chi connectivity index (χ1) is 9.29. The molecule has 1 heterocycles. The van der Waals surface area contributed by atoms with E-state index in [4.69, 9.17) is 9.47 Å². The number of methoxy groups -OCH3 is 2. The number of hydrogen-bond donors (Lipinski definition) is 1. The maximum Gasteiger partial charge on any atom is 0.341 e. The van der Waals surface area contributed by atoms with E-state index in [-0.39, 0.29) is 5.97 Å². The number of hydrogen-bond acceptors (Lipinski definition) is 3. The Morgan fingerprint density at radius 1 is 1.20 bits per heavy atom. The van der Waals surface area contributed by atoms with E-state index in [9.17, 15) is 4.79 Å². The summed E-state index contributed by atoms with van der Waals surface area (Å²) in [7, 11) is 1.48. The van der Waals surface area contributed by atoms with Crippen LogP contribution in [0.25, 0.3) is 10.9 Å². The van der Waals surface area contributed by atoms with Gasteiger partial charge in [-0.3, -0.25) is 0 Å². The van der Waals surface area contributed by atoms with E-state index in [1.54, 1.807) is 7.11 Å². The van der Waals surface area contributed by atoms with Crippen LogP contribution in [0.15, 0.2) is 12.1 Å². The van der Waals surface area contributed by atoms with Gasteiger partial charge in [-0.05, 0) is 18.6 Å². The lowest BCUT2D eigenvalue weighted by atomic mass is 10.1. The van der Waals surface area contributed by atoms with Crippen LogP contribution in [0.5, 0.6) is 5.75 Å². The molecule has 1 aromatic heterocycles. The molecule has 0 radical (unpaired) electrons. The topological polar surface area (TPSA) is 51.3 Å². The second-order valence-electron chi connectivity index (χ2n) is 5.96. The minimum Gasteiger partial charge on any atom is -0.496 e. The fourth-order valence-electron chi connectivity index (χ4n) is 2.54. The van der Waals surface area contributed by atoms with Crippen molar-refractivity contribution in [2.45, 2.75) is 26.6 Å². The van der Waals surface area contributed by atoms with Crippen LogP contribution in [0.2, 0.25) is 19.6 Å². The Kier molecular flexibility index (Phi) is 3.65. The zero-order chi connectivity index (χ0) is 15.1. The summed E-state index contributed by atoms with van der Waals surface area (Å²) in [6.45, 7) is 8.98. The van der Waals surface area contributed by atoms with Crippen molar-refractivity contribution >= 4 is 30.3 Å². The van der Waals surface area contributed by atoms with Crippen LogP contribution < -0.4 is 10.1 Å². The molecule has 0 aliphatic heterocycles. The van der Waals surface area contributed by atoms with Crippen molar-refractivity contribution in [2.24, 2.45) is 0 Å². The first kappa shape index (κ1) is 14.7. The third-order valence-electron chi connectivity index (χ3n) is 3.53. The van der Waals surface area contributed by atoms with Gasteiger partial charge in [0.15, 0.2) is 0 Å². The number of benzene rings is 1. The van der Waals surface area contributed by atoms with Crippen molar-refractivity contribution in [3.8, 4) is 5.75 Å². The van der Waals surface area contributed by atoms with Crippen LogP contribution in [0.3, 0.4) is 0 Å². The maximum atomic E-state index is 11.8. The van der Waals surface area contributed by atoms with Crippen molar-refractivity contribution in [1.82, 2.24) is 4.98 Å². The molecule has 0 saturated heterocycles. The molecule has 0 spiro atoms. The first-order valence-electron chi connectivity index (χ1n) is 6.58. The van der Waals surface area contributed by atoms with Crippen LogP contribution in [-0.2, 0) is 4.74 Å². The molecule has 0 fully saturated rings. The van der Waals surface area contributed by atoms with Crippen molar-refractivity contribution in [2.75, 3.05) is 14.2 Å². The standard InChI is InChI=1S/C15H21NO3Si/c1-9-10-7-11(15(17)19-3)13(18-2)8-12(10)16-14(9)20(4,5)6/h7-8,16H,1-6H3. The number of H-pyrrole nitrogens is 1. The molecule has 0 aliphatic rings. The van der Waals surface area contributed by atoms with Gasteiger partial charge in [0.25, 0.3) is 0 Å². The van der Waals surface area contributed by atoms with Crippen molar-refractivity contribution < 1.29 is 14.3 Å². The van der Waals surface area contributed by atoms with Gasteiger partial charge in [0.05, 0.1) is 22.3 Å². The number of rotatable bonds is 3. The van der Waals surface area contributed by atoms with Gasteiger partial charge in [-0.25, -0.2) is 4.79 Å². The number of fused-ring (bicyclic) bond motifs is 1. The molecular weight excluding hydrogens is 270 g/mol. The third kappa shape index (κ3) is 2.33. The Hall–Kier alpha value is -1.75. The summed E-state index contributed by atoms with van der Waals surface area (Å²) in [6, 6.07) is 3.73. The summed E-state index contributed by atoms with van der Waals surface area (Å²) in [4.78, 5) is 15.3. The van der Waals surface area contributed by atoms with Gasteiger partial charge in [-0.2, -0.15) is 0 Å². The summed E-state index contributed by atoms with van der Waals surface area (Å²) < 4.78 is 10.1. The van der Waals surface area contributed by atoms with Crippen LogP contribution in [0.4, 0.5) is 0 Å². The number of esters is 1. The highest BCUT2D eigenvalue weighted by Crippen LogP contribution is 2.28. The lowest BCUT2D eigenvalue weighted by Gasteiger charge is -2.15. The summed E-state index contributed by atoms with van der Waals surface area (Å²) in [6.07, 6.45) is 0. The fourth-order valence-corrected chi connectivity index (χ4v) is 4.31. The number of aromatic nitrogens is 1. The molecule has 20 heavy (non-hydrogen) atoms. The van der Waals surface area contributed by atoms with Crippen LogP contribution >= 0.6 is 0 Å². The number of aryl methyl sites for hydroxylation is 1. The third-order valence-corrected chi connectivity index (χ3v) is 5.53. The minimum atomic E-state index is -1.45. The minimum absolute atomic E-state index is 0.376. The number of carbonyl (C=O) groups excluding carboxylic acids is 1. The molecule has 0 bridgehead atoms. The van der Waals surface area contributed by atoms with Gasteiger partial charge in [-0.1, -0.05) is 19.6 Å². The van der Waals surface area contributed by atoms with Gasteiger partial charge >= 0.3 is 5.97 Å². The number of ether oxygens (including phenoxy) is 2. The zero-order valence-electron chi connectivity index (χ0n) is 12.9. The average molecular weight is 291 g/mol. The first-order valence-corrected chi connectivity index (χ1v) is 10.1. The van der Waals surface area contributed by atoms with Crippen LogP contribution in [0, 0.1) is 6.92 Å². The number of nitrogens with one attached hydrogen (secondary N) is 1. The Labute approximate surface area is 120 Å². The molecular formula is C15H21NO3Si. The Morgan fingerprint density at radius 2 is 1.85 bits per heavy atom. The van der Waals surface area contributed by atoms with Crippen molar-refractivity contribution in [3.05, 3.63) is 23.3 Å². The SMILES string of the molecule is COC(=O)c1cc2c(C)c([Si](C)(C)C)[nH]c2cc1OC. The maximum absolute atomic E-state index is 11.8. The second-order valence-corrected chi connectivity index (χ2v) is 11.0. The molecule has 0 aliphatic carbocycles. The molecule has 0 atom stereocenters. The van der Waals surface area contributed by atoms with Gasteiger partial charge in [0, 0.05) is 22.3 Å². The summed E-state index contributed by atoms with van der Waals surface area (Å²) >= 11 is 0. The predicted octanol–water partition coefficient (Wildman–Crippen LogP) is 2.82. The molecule has 1 N–H and O–H groups in total. The molecule has 0 amide bonds. The van der Waals surface area contributed by atoms with E-state index in [0.717, 1.165) is 10.9 Å². The van der Waals surface area contributed by atoms with Crippen molar-refractivity contribution in [3.63, 3.8) is 0 Å². The fraction of sp³-hybridized carbons (Fsp3) is 0.400. The van der Waals surface area contributed by atoms with Gasteiger partial charge in [0.2, 0.25) is 0 Å². The lowest BCUT2D eigenvalue weighted by Crippen LogP contribution is -2.40. The van der Waals surface area contributed by atoms with E-state index >= 15 is 0 Å².